The van der Waals surface area contributed by atoms with E-state index in [1.807, 2.05) is 0 Å². The summed E-state index contributed by atoms with van der Waals surface area (Å²) in [4.78, 5) is 4.59. The predicted octanol–water partition coefficient (Wildman–Crippen LogP) is 15.9. The SMILES string of the molecule is CC(C)c1c2oc3cc4cc(N(c5ccccc5)c5ccccc5)ccc4cc3c2cc2c1oc1cc3cc(N(c4ccccc4)c4ccccc4)ccc3cc12. The molecule has 0 N–H and O–H groups in total. The molecule has 0 aliphatic heterocycles. The summed E-state index contributed by atoms with van der Waals surface area (Å²) in [6, 6.07) is 66.8. The average Bonchev–Trinajstić information content (AvgIpc) is 3.79. The van der Waals surface area contributed by atoms with Crippen LogP contribution in [0.5, 0.6) is 0 Å². The van der Waals surface area contributed by atoms with Gasteiger partial charge >= 0.3 is 0 Å². The van der Waals surface area contributed by atoms with Gasteiger partial charge in [-0.1, -0.05) is 98.8 Å². The third-order valence-electron chi connectivity index (χ3n) is 11.3. The Bertz CT molecular complexity index is 2960. The Kier molecular flexibility index (Phi) is 7.65. The molecule has 0 bridgehead atoms. The van der Waals surface area contributed by atoms with Crippen LogP contribution in [0, 0.1) is 0 Å². The van der Waals surface area contributed by atoms with Crippen molar-refractivity contribution in [2.45, 2.75) is 19.8 Å². The van der Waals surface area contributed by atoms with E-state index >= 15 is 0 Å². The summed E-state index contributed by atoms with van der Waals surface area (Å²) in [5.74, 6) is 0.176. The lowest BCUT2D eigenvalue weighted by molar-refractivity contribution is 0.638. The Morgan fingerprint density at radius 1 is 0.333 bits per heavy atom. The molecule has 2 aromatic heterocycles. The first-order valence-corrected chi connectivity index (χ1v) is 19.6. The fourth-order valence-electron chi connectivity index (χ4n) is 8.63. The zero-order chi connectivity index (χ0) is 38.0. The number of para-hydroxylation sites is 4. The van der Waals surface area contributed by atoms with E-state index in [1.165, 1.54) is 10.8 Å². The van der Waals surface area contributed by atoms with Crippen molar-refractivity contribution in [3.8, 4) is 0 Å². The molecule has 0 unspecified atom stereocenters. The highest BCUT2D eigenvalue weighted by atomic mass is 16.3. The summed E-state index contributed by atoms with van der Waals surface area (Å²) in [6.45, 7) is 4.45. The van der Waals surface area contributed by atoms with Crippen LogP contribution in [0.2, 0.25) is 0 Å². The Hall–Kier alpha value is -7.30. The van der Waals surface area contributed by atoms with Gasteiger partial charge in [-0.05, 0) is 131 Å². The third-order valence-corrected chi connectivity index (χ3v) is 11.3. The van der Waals surface area contributed by atoms with Gasteiger partial charge in [0.05, 0.1) is 0 Å². The summed E-state index contributed by atoms with van der Waals surface area (Å²) in [5.41, 5.74) is 11.3. The van der Waals surface area contributed by atoms with E-state index in [0.29, 0.717) is 0 Å². The Morgan fingerprint density at radius 2 is 0.702 bits per heavy atom. The Labute approximate surface area is 330 Å². The standard InChI is InChI=1S/C53H38N2O2/c1-34(2)51-52-47(45-29-35-23-25-43(27-37(35)31-49(45)56-52)54(39-15-7-3-8-16-39)40-17-9-4-10-18-40)33-48-46-30-36-24-26-44(28-38(36)32-50(46)57-53(48)51)55(41-19-11-5-12-20-41)42-21-13-6-14-22-42/h3-34H,1-2H3. The highest BCUT2D eigenvalue weighted by Gasteiger charge is 2.23. The molecule has 4 nitrogen and oxygen atoms in total. The van der Waals surface area contributed by atoms with E-state index in [1.54, 1.807) is 0 Å². The van der Waals surface area contributed by atoms with E-state index in [9.17, 15) is 0 Å². The molecule has 0 saturated heterocycles. The van der Waals surface area contributed by atoms with Crippen LogP contribution in [0.1, 0.15) is 25.3 Å². The second kappa shape index (κ2) is 13.2. The van der Waals surface area contributed by atoms with Gasteiger partial charge in [-0.2, -0.15) is 0 Å². The van der Waals surface area contributed by atoms with Gasteiger partial charge in [0.25, 0.3) is 0 Å². The molecule has 57 heavy (non-hydrogen) atoms. The van der Waals surface area contributed by atoms with Crippen molar-refractivity contribution < 1.29 is 8.83 Å². The van der Waals surface area contributed by atoms with Gasteiger partial charge in [0.1, 0.15) is 22.3 Å². The van der Waals surface area contributed by atoms with Gasteiger partial charge in [0, 0.05) is 61.2 Å². The van der Waals surface area contributed by atoms with Crippen molar-refractivity contribution in [2.24, 2.45) is 0 Å². The van der Waals surface area contributed by atoms with Crippen LogP contribution in [-0.2, 0) is 0 Å². The first-order chi connectivity index (χ1) is 28.1. The number of hydrogen-bond acceptors (Lipinski definition) is 4. The molecule has 0 atom stereocenters. The van der Waals surface area contributed by atoms with E-state index in [-0.39, 0.29) is 5.92 Å². The normalized spacial score (nSPS) is 11.8. The molecule has 11 rings (SSSR count). The van der Waals surface area contributed by atoms with Crippen LogP contribution in [0.4, 0.5) is 34.1 Å². The number of fused-ring (bicyclic) bond motifs is 8. The van der Waals surface area contributed by atoms with Crippen molar-refractivity contribution in [1.29, 1.82) is 0 Å². The third kappa shape index (κ3) is 5.52. The van der Waals surface area contributed by atoms with Crippen LogP contribution in [0.3, 0.4) is 0 Å². The number of furan rings is 2. The first-order valence-electron chi connectivity index (χ1n) is 19.6. The minimum Gasteiger partial charge on any atom is -0.456 e. The van der Waals surface area contributed by atoms with Crippen molar-refractivity contribution in [3.05, 3.63) is 194 Å². The zero-order valence-corrected chi connectivity index (χ0v) is 31.7. The highest BCUT2D eigenvalue weighted by Crippen LogP contribution is 2.45. The lowest BCUT2D eigenvalue weighted by Crippen LogP contribution is -2.09. The van der Waals surface area contributed by atoms with E-state index in [0.717, 1.165) is 94.3 Å². The first kappa shape index (κ1) is 33.1. The molecule has 4 heteroatoms. The second-order valence-electron chi connectivity index (χ2n) is 15.2. The fourth-order valence-corrected chi connectivity index (χ4v) is 8.63. The Morgan fingerprint density at radius 3 is 1.05 bits per heavy atom. The lowest BCUT2D eigenvalue weighted by atomic mass is 9.95. The quantitative estimate of drug-likeness (QED) is 0.163. The second-order valence-corrected chi connectivity index (χ2v) is 15.2. The van der Waals surface area contributed by atoms with E-state index in [2.05, 4.69) is 212 Å². The molecule has 0 spiro atoms. The molecule has 0 saturated carbocycles. The number of hydrogen-bond donors (Lipinski definition) is 0. The molecule has 0 amide bonds. The fraction of sp³-hybridized carbons (Fsp3) is 0.0566. The number of nitrogens with zero attached hydrogens (tertiary/aromatic N) is 2. The van der Waals surface area contributed by atoms with Gasteiger partial charge in [-0.25, -0.2) is 0 Å². The molecule has 0 aliphatic carbocycles. The maximum Gasteiger partial charge on any atom is 0.142 e. The van der Waals surface area contributed by atoms with Crippen LogP contribution in [0.15, 0.2) is 197 Å². The summed E-state index contributed by atoms with van der Waals surface area (Å²) >= 11 is 0. The maximum atomic E-state index is 6.85. The molecular weight excluding hydrogens is 697 g/mol. The van der Waals surface area contributed by atoms with Crippen molar-refractivity contribution in [3.63, 3.8) is 0 Å². The monoisotopic (exact) mass is 734 g/mol. The minimum absolute atomic E-state index is 0.176. The highest BCUT2D eigenvalue weighted by molar-refractivity contribution is 6.20. The molecule has 0 fully saturated rings. The summed E-state index contributed by atoms with van der Waals surface area (Å²) < 4.78 is 13.7. The van der Waals surface area contributed by atoms with Crippen LogP contribution in [-0.4, -0.2) is 0 Å². The van der Waals surface area contributed by atoms with Crippen LogP contribution in [0.25, 0.3) is 65.4 Å². The minimum atomic E-state index is 0.176. The van der Waals surface area contributed by atoms with Crippen molar-refractivity contribution in [2.75, 3.05) is 9.80 Å². The van der Waals surface area contributed by atoms with Gasteiger partial charge in [-0.15, -0.1) is 0 Å². The van der Waals surface area contributed by atoms with Crippen molar-refractivity contribution >= 4 is 99.5 Å². The van der Waals surface area contributed by atoms with Gasteiger partial charge in [0.2, 0.25) is 0 Å². The lowest BCUT2D eigenvalue weighted by Gasteiger charge is -2.25. The topological polar surface area (TPSA) is 32.8 Å². The van der Waals surface area contributed by atoms with Gasteiger partial charge < -0.3 is 18.6 Å². The average molecular weight is 735 g/mol. The number of anilines is 6. The molecule has 9 aromatic carbocycles. The van der Waals surface area contributed by atoms with Crippen LogP contribution < -0.4 is 9.80 Å². The molecule has 0 aliphatic rings. The maximum absolute atomic E-state index is 6.85. The molecule has 2 heterocycles. The number of rotatable bonds is 7. The smallest absolute Gasteiger partial charge is 0.142 e. The van der Waals surface area contributed by atoms with E-state index in [4.69, 9.17) is 8.83 Å². The Balaban J connectivity index is 1.06. The summed E-state index contributed by atoms with van der Waals surface area (Å²) in [7, 11) is 0. The van der Waals surface area contributed by atoms with E-state index < -0.39 is 0 Å². The molecule has 11 aromatic rings. The van der Waals surface area contributed by atoms with Gasteiger partial charge in [-0.3, -0.25) is 0 Å². The summed E-state index contributed by atoms with van der Waals surface area (Å²) in [5, 5.41) is 9.03. The number of benzene rings is 9. The summed E-state index contributed by atoms with van der Waals surface area (Å²) in [6.07, 6.45) is 0. The zero-order valence-electron chi connectivity index (χ0n) is 31.7. The predicted molar refractivity (Wildman–Crippen MR) is 239 cm³/mol. The van der Waals surface area contributed by atoms with Crippen molar-refractivity contribution in [1.82, 2.24) is 0 Å². The largest absolute Gasteiger partial charge is 0.456 e. The van der Waals surface area contributed by atoms with Gasteiger partial charge in [0.15, 0.2) is 0 Å². The van der Waals surface area contributed by atoms with Crippen LogP contribution >= 0.6 is 0 Å². The molecular formula is C53H38N2O2. The molecule has 0 radical (unpaired) electrons. The molecule has 272 valence electrons.